The fraction of sp³-hybridized carbons (Fsp3) is 1.00. The van der Waals surface area contributed by atoms with Crippen molar-refractivity contribution in [2.45, 2.75) is 19.0 Å². The predicted molar refractivity (Wildman–Crippen MR) is 40.4 cm³/mol. The minimum Gasteiger partial charge on any atom is -0.118 e. The van der Waals surface area contributed by atoms with E-state index in [0.717, 1.165) is 5.66 Å². The zero-order valence-corrected chi connectivity index (χ0v) is 6.70. The fourth-order valence-electron chi connectivity index (χ4n) is 0.755. The molecular formula is C5H12P2. The van der Waals surface area contributed by atoms with Crippen molar-refractivity contribution < 1.29 is 0 Å². The fourth-order valence-corrected chi connectivity index (χ4v) is 4.71. The lowest BCUT2D eigenvalue weighted by molar-refractivity contribution is 0.902. The molecule has 42 valence electrons. The highest BCUT2D eigenvalue weighted by Crippen LogP contribution is 2.36. The van der Waals surface area contributed by atoms with E-state index in [0.29, 0.717) is 0 Å². The lowest BCUT2D eigenvalue weighted by Crippen LogP contribution is -1.99. The van der Waals surface area contributed by atoms with Crippen LogP contribution in [0, 0.1) is 0 Å². The van der Waals surface area contributed by atoms with Gasteiger partial charge in [-0.3, -0.25) is 0 Å². The Hall–Kier alpha value is 0.860. The van der Waals surface area contributed by atoms with Gasteiger partial charge in [-0.05, 0) is 24.1 Å². The summed E-state index contributed by atoms with van der Waals surface area (Å²) >= 11 is 0. The average Bonchev–Trinajstić information content (AvgIpc) is 1.69. The van der Waals surface area contributed by atoms with E-state index in [1.807, 2.05) is 0 Å². The molecule has 0 aromatic heterocycles. The van der Waals surface area contributed by atoms with E-state index < -0.39 is 0 Å². The van der Waals surface area contributed by atoms with E-state index in [1.165, 1.54) is 29.7 Å². The average molecular weight is 134 g/mol. The molecular weight excluding hydrogens is 122 g/mol. The standard InChI is InChI=1S/C5H12P2/c1-5-2-3-6-4-7-5/h5-7H,2-4H2,1H3. The van der Waals surface area contributed by atoms with Gasteiger partial charge < -0.3 is 0 Å². The van der Waals surface area contributed by atoms with Gasteiger partial charge in [0, 0.05) is 0 Å². The normalized spacial score (nSPS) is 39.9. The first kappa shape index (κ1) is 5.99. The summed E-state index contributed by atoms with van der Waals surface area (Å²) in [5.41, 5.74) is 1.07. The van der Waals surface area contributed by atoms with Crippen LogP contribution in [-0.2, 0) is 0 Å². The zero-order valence-electron chi connectivity index (χ0n) is 4.70. The van der Waals surface area contributed by atoms with Gasteiger partial charge in [0.15, 0.2) is 0 Å². The zero-order chi connectivity index (χ0) is 5.11. The largest absolute Gasteiger partial charge is 0.118 e. The first-order valence-corrected chi connectivity index (χ1v) is 5.53. The van der Waals surface area contributed by atoms with Crippen LogP contribution >= 0.6 is 17.2 Å². The van der Waals surface area contributed by atoms with Crippen LogP contribution in [0.3, 0.4) is 0 Å². The molecule has 0 nitrogen and oxygen atoms in total. The van der Waals surface area contributed by atoms with E-state index in [1.54, 1.807) is 5.90 Å². The highest BCUT2D eigenvalue weighted by molar-refractivity contribution is 7.57. The Kier molecular flexibility index (Phi) is 2.57. The van der Waals surface area contributed by atoms with Crippen molar-refractivity contribution in [1.29, 1.82) is 0 Å². The molecule has 1 rings (SSSR count). The minimum absolute atomic E-state index is 1.07. The van der Waals surface area contributed by atoms with Gasteiger partial charge in [0.1, 0.15) is 0 Å². The van der Waals surface area contributed by atoms with E-state index in [4.69, 9.17) is 0 Å². The quantitative estimate of drug-likeness (QED) is 0.445. The summed E-state index contributed by atoms with van der Waals surface area (Å²) in [7, 11) is 2.59. The van der Waals surface area contributed by atoms with Crippen LogP contribution in [-0.4, -0.2) is 17.7 Å². The van der Waals surface area contributed by atoms with Gasteiger partial charge in [-0.2, -0.15) is 0 Å². The second kappa shape index (κ2) is 3.00. The SMILES string of the molecule is CC1CCPCP1. The first-order valence-electron chi connectivity index (χ1n) is 2.83. The van der Waals surface area contributed by atoms with Gasteiger partial charge in [-0.1, -0.05) is 6.92 Å². The molecule has 0 amide bonds. The Morgan fingerprint density at radius 3 is 2.71 bits per heavy atom. The topological polar surface area (TPSA) is 0 Å². The summed E-state index contributed by atoms with van der Waals surface area (Å²) in [5.74, 6) is 1.54. The Bertz CT molecular complexity index is 48.0. The third kappa shape index (κ3) is 2.06. The Labute approximate surface area is 49.0 Å². The summed E-state index contributed by atoms with van der Waals surface area (Å²) < 4.78 is 0. The van der Waals surface area contributed by atoms with Gasteiger partial charge in [-0.25, -0.2) is 0 Å². The molecule has 3 atom stereocenters. The maximum absolute atomic E-state index is 2.38. The molecule has 0 saturated carbocycles. The van der Waals surface area contributed by atoms with Gasteiger partial charge in [-0.15, -0.1) is 17.2 Å². The van der Waals surface area contributed by atoms with Crippen molar-refractivity contribution in [3.8, 4) is 0 Å². The third-order valence-corrected chi connectivity index (χ3v) is 4.77. The van der Waals surface area contributed by atoms with Gasteiger partial charge in [0.2, 0.25) is 0 Å². The van der Waals surface area contributed by atoms with Crippen LogP contribution in [0.2, 0.25) is 0 Å². The molecule has 1 fully saturated rings. The van der Waals surface area contributed by atoms with Crippen molar-refractivity contribution in [3.63, 3.8) is 0 Å². The van der Waals surface area contributed by atoms with Crippen LogP contribution in [0.4, 0.5) is 0 Å². The Balaban J connectivity index is 2.12. The number of hydrogen-bond donors (Lipinski definition) is 0. The highest BCUT2D eigenvalue weighted by atomic mass is 31.1. The molecule has 1 saturated heterocycles. The predicted octanol–water partition coefficient (Wildman–Crippen LogP) is 2.09. The number of hydrogen-bond acceptors (Lipinski definition) is 0. The Morgan fingerprint density at radius 1 is 1.57 bits per heavy atom. The third-order valence-electron chi connectivity index (χ3n) is 1.33. The van der Waals surface area contributed by atoms with Gasteiger partial charge in [0.25, 0.3) is 0 Å². The second-order valence-electron chi connectivity index (χ2n) is 2.07. The van der Waals surface area contributed by atoms with Crippen molar-refractivity contribution in [2.75, 3.05) is 12.1 Å². The summed E-state index contributed by atoms with van der Waals surface area (Å²) in [6, 6.07) is 0. The summed E-state index contributed by atoms with van der Waals surface area (Å²) in [5, 5.41) is 0. The molecule has 1 aliphatic heterocycles. The molecule has 2 heteroatoms. The summed E-state index contributed by atoms with van der Waals surface area (Å²) in [4.78, 5) is 0. The van der Waals surface area contributed by atoms with E-state index in [9.17, 15) is 0 Å². The van der Waals surface area contributed by atoms with Gasteiger partial charge in [0.05, 0.1) is 0 Å². The van der Waals surface area contributed by atoms with Gasteiger partial charge >= 0.3 is 0 Å². The van der Waals surface area contributed by atoms with Crippen molar-refractivity contribution in [2.24, 2.45) is 0 Å². The highest BCUT2D eigenvalue weighted by Gasteiger charge is 2.05. The minimum atomic E-state index is 1.07. The molecule has 0 aromatic rings. The van der Waals surface area contributed by atoms with Crippen molar-refractivity contribution >= 4 is 17.2 Å². The summed E-state index contributed by atoms with van der Waals surface area (Å²) in [6.45, 7) is 2.38. The van der Waals surface area contributed by atoms with E-state index in [-0.39, 0.29) is 0 Å². The molecule has 1 heterocycles. The lowest BCUT2D eigenvalue weighted by atomic mass is 10.4. The smallest absolute Gasteiger partial charge is 0.0173 e. The molecule has 1 aliphatic rings. The Morgan fingerprint density at radius 2 is 2.43 bits per heavy atom. The van der Waals surface area contributed by atoms with Crippen LogP contribution in [0.25, 0.3) is 0 Å². The summed E-state index contributed by atoms with van der Waals surface area (Å²) in [6.07, 6.45) is 3.03. The van der Waals surface area contributed by atoms with Crippen LogP contribution in [0.15, 0.2) is 0 Å². The maximum Gasteiger partial charge on any atom is -0.0173 e. The molecule has 3 unspecified atom stereocenters. The van der Waals surface area contributed by atoms with Crippen LogP contribution in [0.5, 0.6) is 0 Å². The molecule has 0 spiro atoms. The molecule has 0 N–H and O–H groups in total. The molecule has 0 bridgehead atoms. The van der Waals surface area contributed by atoms with Crippen LogP contribution in [0.1, 0.15) is 13.3 Å². The van der Waals surface area contributed by atoms with Crippen molar-refractivity contribution in [3.05, 3.63) is 0 Å². The van der Waals surface area contributed by atoms with Crippen LogP contribution < -0.4 is 0 Å². The molecule has 7 heavy (non-hydrogen) atoms. The monoisotopic (exact) mass is 134 g/mol. The second-order valence-corrected chi connectivity index (χ2v) is 5.88. The van der Waals surface area contributed by atoms with E-state index in [2.05, 4.69) is 6.92 Å². The van der Waals surface area contributed by atoms with E-state index >= 15 is 0 Å². The van der Waals surface area contributed by atoms with Crippen molar-refractivity contribution in [1.82, 2.24) is 0 Å². The first-order chi connectivity index (χ1) is 3.39. The lowest BCUT2D eigenvalue weighted by Gasteiger charge is -2.16. The maximum atomic E-state index is 2.38. The molecule has 0 radical (unpaired) electrons. The molecule has 0 aromatic carbocycles. The molecule has 0 aliphatic carbocycles. The number of rotatable bonds is 0.